The molecule has 0 fully saturated rings. The van der Waals surface area contributed by atoms with Gasteiger partial charge < -0.3 is 10.6 Å². The summed E-state index contributed by atoms with van der Waals surface area (Å²) < 4.78 is 25.6. The van der Waals surface area contributed by atoms with Gasteiger partial charge >= 0.3 is 0 Å². The van der Waals surface area contributed by atoms with Crippen LogP contribution in [-0.4, -0.2) is 51.7 Å². The van der Waals surface area contributed by atoms with Gasteiger partial charge in [0.05, 0.1) is 15.5 Å². The van der Waals surface area contributed by atoms with Gasteiger partial charge in [-0.2, -0.15) is 0 Å². The second-order valence-corrected chi connectivity index (χ2v) is 9.97. The lowest BCUT2D eigenvalue weighted by atomic mass is 10.1. The van der Waals surface area contributed by atoms with Crippen molar-refractivity contribution in [2.45, 2.75) is 63.2 Å². The van der Waals surface area contributed by atoms with Crippen molar-refractivity contribution in [1.29, 1.82) is 0 Å². The second-order valence-electron chi connectivity index (χ2n) is 7.41. The summed E-state index contributed by atoms with van der Waals surface area (Å²) in [6.45, 7) is 3.32. The zero-order chi connectivity index (χ0) is 22.6. The maximum atomic E-state index is 12.4. The van der Waals surface area contributed by atoms with Crippen molar-refractivity contribution in [3.8, 4) is 0 Å². The number of rotatable bonds is 14. The van der Waals surface area contributed by atoms with E-state index in [4.69, 9.17) is 11.6 Å². The Morgan fingerprint density at radius 2 is 1.60 bits per heavy atom. The van der Waals surface area contributed by atoms with Gasteiger partial charge in [0.1, 0.15) is 0 Å². The molecular formula is C21H34ClN3O4S. The number of sulfonamides is 1. The van der Waals surface area contributed by atoms with Gasteiger partial charge in [0.2, 0.25) is 15.9 Å². The van der Waals surface area contributed by atoms with Gasteiger partial charge in [-0.1, -0.05) is 44.2 Å². The molecule has 2 N–H and O–H groups in total. The molecule has 0 aliphatic heterocycles. The van der Waals surface area contributed by atoms with Crippen LogP contribution in [0.25, 0.3) is 0 Å². The van der Waals surface area contributed by atoms with E-state index in [-0.39, 0.29) is 21.4 Å². The van der Waals surface area contributed by atoms with Crippen molar-refractivity contribution in [2.24, 2.45) is 0 Å². The Hall–Kier alpha value is -1.64. The molecule has 0 heterocycles. The van der Waals surface area contributed by atoms with E-state index in [1.807, 2.05) is 0 Å². The second kappa shape index (κ2) is 13.6. The van der Waals surface area contributed by atoms with Crippen molar-refractivity contribution in [2.75, 3.05) is 27.2 Å². The Bertz CT molecular complexity index is 797. The Morgan fingerprint density at radius 3 is 2.23 bits per heavy atom. The summed E-state index contributed by atoms with van der Waals surface area (Å²) >= 11 is 6.07. The van der Waals surface area contributed by atoms with Crippen molar-refractivity contribution in [3.05, 3.63) is 28.8 Å². The smallest absolute Gasteiger partial charge is 0.252 e. The molecule has 0 spiro atoms. The van der Waals surface area contributed by atoms with Crippen molar-refractivity contribution >= 4 is 33.4 Å². The topological polar surface area (TPSA) is 95.6 Å². The van der Waals surface area contributed by atoms with Crippen LogP contribution >= 0.6 is 11.6 Å². The summed E-state index contributed by atoms with van der Waals surface area (Å²) in [7, 11) is -0.791. The number of carbonyl (C=O) groups is 2. The molecule has 0 aliphatic rings. The number of nitrogens with one attached hydrogen (secondary N) is 2. The molecule has 0 atom stereocenters. The van der Waals surface area contributed by atoms with Gasteiger partial charge in [-0.3, -0.25) is 9.59 Å². The number of nitrogens with zero attached hydrogens (tertiary/aromatic N) is 1. The molecule has 7 nitrogen and oxygen atoms in total. The van der Waals surface area contributed by atoms with Gasteiger partial charge in [0.15, 0.2) is 0 Å². The molecule has 0 unspecified atom stereocenters. The zero-order valence-electron chi connectivity index (χ0n) is 18.2. The Labute approximate surface area is 185 Å². The minimum atomic E-state index is -3.65. The molecule has 0 aliphatic carbocycles. The van der Waals surface area contributed by atoms with Crippen LogP contribution in [0.3, 0.4) is 0 Å². The third kappa shape index (κ3) is 9.02. The van der Waals surface area contributed by atoms with Crippen LogP contribution in [0.5, 0.6) is 0 Å². The highest BCUT2D eigenvalue weighted by molar-refractivity contribution is 7.89. The average molecular weight is 460 g/mol. The Morgan fingerprint density at radius 1 is 0.967 bits per heavy atom. The van der Waals surface area contributed by atoms with E-state index in [2.05, 4.69) is 17.6 Å². The first-order valence-electron chi connectivity index (χ1n) is 10.5. The first-order valence-corrected chi connectivity index (χ1v) is 12.3. The third-order valence-corrected chi connectivity index (χ3v) is 6.82. The lowest BCUT2D eigenvalue weighted by Gasteiger charge is -2.13. The predicted molar refractivity (Wildman–Crippen MR) is 120 cm³/mol. The number of carbonyl (C=O) groups excluding carboxylic acids is 2. The van der Waals surface area contributed by atoms with Crippen LogP contribution in [0.4, 0.5) is 0 Å². The molecule has 1 rings (SSSR count). The largest absolute Gasteiger partial charge is 0.356 e. The molecule has 170 valence electrons. The van der Waals surface area contributed by atoms with Crippen LogP contribution in [0.1, 0.15) is 68.6 Å². The van der Waals surface area contributed by atoms with Gasteiger partial charge in [0.25, 0.3) is 5.91 Å². The minimum absolute atomic E-state index is 0.0164. The highest BCUT2D eigenvalue weighted by atomic mass is 35.5. The lowest BCUT2D eigenvalue weighted by molar-refractivity contribution is -0.121. The van der Waals surface area contributed by atoms with E-state index >= 15 is 0 Å². The first kappa shape index (κ1) is 26.4. The summed E-state index contributed by atoms with van der Waals surface area (Å²) in [5.74, 6) is -0.345. The molecule has 1 aromatic carbocycles. The van der Waals surface area contributed by atoms with E-state index in [0.29, 0.717) is 13.0 Å². The van der Waals surface area contributed by atoms with E-state index in [9.17, 15) is 18.0 Å². The van der Waals surface area contributed by atoms with Crippen LogP contribution < -0.4 is 10.6 Å². The number of unbranched alkanes of at least 4 members (excludes halogenated alkanes) is 5. The van der Waals surface area contributed by atoms with Crippen molar-refractivity contribution in [1.82, 2.24) is 14.9 Å². The molecule has 0 aromatic heterocycles. The monoisotopic (exact) mass is 459 g/mol. The normalized spacial score (nSPS) is 11.5. The summed E-state index contributed by atoms with van der Waals surface area (Å²) in [6, 6.07) is 4.08. The number of benzene rings is 1. The molecule has 0 bridgehead atoms. The maximum Gasteiger partial charge on any atom is 0.252 e. The molecule has 9 heteroatoms. The van der Waals surface area contributed by atoms with Crippen LogP contribution in [0, 0.1) is 0 Å². The van der Waals surface area contributed by atoms with Crippen molar-refractivity contribution < 1.29 is 18.0 Å². The Balaban J connectivity index is 2.35. The van der Waals surface area contributed by atoms with Crippen LogP contribution in [0.15, 0.2) is 23.1 Å². The fourth-order valence-electron chi connectivity index (χ4n) is 2.80. The predicted octanol–water partition coefficient (Wildman–Crippen LogP) is 3.58. The molecule has 0 saturated carbocycles. The van der Waals surface area contributed by atoms with Gasteiger partial charge in [0, 0.05) is 33.6 Å². The Kier molecular flexibility index (Phi) is 12.0. The minimum Gasteiger partial charge on any atom is -0.356 e. The van der Waals surface area contributed by atoms with E-state index < -0.39 is 15.9 Å². The van der Waals surface area contributed by atoms with Gasteiger partial charge in [-0.05, 0) is 37.5 Å². The molecule has 30 heavy (non-hydrogen) atoms. The highest BCUT2D eigenvalue weighted by Gasteiger charge is 2.20. The number of hydrogen-bond donors (Lipinski definition) is 2. The molecule has 0 radical (unpaired) electrons. The summed E-state index contributed by atoms with van der Waals surface area (Å²) in [6.07, 6.45) is 7.32. The summed E-state index contributed by atoms with van der Waals surface area (Å²) in [4.78, 5) is 24.1. The first-order chi connectivity index (χ1) is 14.2. The molecule has 1 aromatic rings. The van der Waals surface area contributed by atoms with Crippen LogP contribution in [0.2, 0.25) is 5.02 Å². The lowest BCUT2D eigenvalue weighted by Crippen LogP contribution is -2.26. The van der Waals surface area contributed by atoms with Gasteiger partial charge in [-0.15, -0.1) is 0 Å². The molecular weight excluding hydrogens is 426 g/mol. The summed E-state index contributed by atoms with van der Waals surface area (Å²) in [5, 5.41) is 5.88. The van der Waals surface area contributed by atoms with E-state index in [1.165, 1.54) is 45.1 Å². The fraction of sp³-hybridized carbons (Fsp3) is 0.619. The maximum absolute atomic E-state index is 12.4. The molecule has 2 amide bonds. The number of amides is 2. The zero-order valence-corrected chi connectivity index (χ0v) is 19.7. The standard InChI is InChI=1S/C21H34ClN3O4S/c1-4-5-6-9-14-23-20(26)11-8-7-10-15-24-21(27)18-16-17(12-13-19(18)22)30(28,29)25(2)3/h12-13,16H,4-11,14-15H2,1-3H3,(H,23,26)(H,24,27). The van der Waals surface area contributed by atoms with E-state index in [1.54, 1.807) is 0 Å². The number of hydrogen-bond acceptors (Lipinski definition) is 4. The quantitative estimate of drug-likeness (QED) is 0.415. The average Bonchev–Trinajstić information content (AvgIpc) is 2.70. The SMILES string of the molecule is CCCCCCNC(=O)CCCCCNC(=O)c1cc(S(=O)(=O)N(C)C)ccc1Cl. The summed E-state index contributed by atoms with van der Waals surface area (Å²) in [5.41, 5.74) is 0.127. The van der Waals surface area contributed by atoms with Crippen molar-refractivity contribution in [3.63, 3.8) is 0 Å². The third-order valence-electron chi connectivity index (χ3n) is 4.68. The fourth-order valence-corrected chi connectivity index (χ4v) is 3.93. The van der Waals surface area contributed by atoms with Crippen LogP contribution in [-0.2, 0) is 14.8 Å². The number of halogens is 1. The molecule has 0 saturated heterocycles. The highest BCUT2D eigenvalue weighted by Crippen LogP contribution is 2.22. The van der Waals surface area contributed by atoms with E-state index in [0.717, 1.165) is 43.0 Å². The van der Waals surface area contributed by atoms with Gasteiger partial charge in [-0.25, -0.2) is 12.7 Å².